The van der Waals surface area contributed by atoms with Crippen LogP contribution in [-0.4, -0.2) is 66.2 Å². The van der Waals surface area contributed by atoms with Crippen LogP contribution in [0.5, 0.6) is 0 Å². The Bertz CT molecular complexity index is 280. The van der Waals surface area contributed by atoms with E-state index in [0.717, 1.165) is 6.42 Å². The molecule has 0 bridgehead atoms. The first-order valence-corrected chi connectivity index (χ1v) is 5.36. The maximum absolute atomic E-state index is 11.7. The Morgan fingerprint density at radius 3 is 2.56 bits per heavy atom. The Labute approximate surface area is 95.2 Å². The van der Waals surface area contributed by atoms with E-state index in [2.05, 4.69) is 10.2 Å². The number of carbonyl (C=O) groups excluding carboxylic acids is 1. The summed E-state index contributed by atoms with van der Waals surface area (Å²) in [7, 11) is 3.96. The number of carboxylic acid groups (broad SMARTS) is 1. The number of aliphatic carboxylic acids is 1. The number of hydrogen-bond acceptors (Lipinski definition) is 3. The molecule has 6 heteroatoms. The van der Waals surface area contributed by atoms with Crippen LogP contribution >= 0.6 is 0 Å². The van der Waals surface area contributed by atoms with Crippen molar-refractivity contribution >= 4 is 12.0 Å². The third-order valence-corrected chi connectivity index (χ3v) is 2.89. The van der Waals surface area contributed by atoms with E-state index in [1.165, 1.54) is 6.92 Å². The molecule has 0 saturated carbocycles. The Kier molecular flexibility index (Phi) is 4.12. The number of carboxylic acids is 1. The molecule has 0 aromatic rings. The van der Waals surface area contributed by atoms with E-state index in [4.69, 9.17) is 5.11 Å². The summed E-state index contributed by atoms with van der Waals surface area (Å²) in [5.74, 6) is -1.02. The molecular formula is C10H19N3O3. The Hall–Kier alpha value is -1.30. The second kappa shape index (κ2) is 5.16. The van der Waals surface area contributed by atoms with E-state index >= 15 is 0 Å². The zero-order valence-electron chi connectivity index (χ0n) is 9.93. The quantitative estimate of drug-likeness (QED) is 0.703. The number of nitrogens with one attached hydrogen (secondary N) is 1. The number of hydrogen-bond donors (Lipinski definition) is 2. The smallest absolute Gasteiger partial charge is 0.325 e. The number of amides is 2. The zero-order valence-corrected chi connectivity index (χ0v) is 9.93. The summed E-state index contributed by atoms with van der Waals surface area (Å²) < 4.78 is 0. The number of rotatable bonds is 3. The van der Waals surface area contributed by atoms with Crippen LogP contribution < -0.4 is 5.32 Å². The van der Waals surface area contributed by atoms with Crippen LogP contribution in [-0.2, 0) is 4.79 Å². The molecule has 0 spiro atoms. The largest absolute Gasteiger partial charge is 0.480 e. The predicted octanol–water partition coefficient (Wildman–Crippen LogP) is -0.195. The fraction of sp³-hybridized carbons (Fsp3) is 0.800. The molecule has 2 amide bonds. The van der Waals surface area contributed by atoms with Crippen LogP contribution in [0.1, 0.15) is 13.3 Å². The molecule has 1 rings (SSSR count). The zero-order chi connectivity index (χ0) is 12.3. The van der Waals surface area contributed by atoms with Crippen molar-refractivity contribution in [2.75, 3.05) is 27.2 Å². The highest BCUT2D eigenvalue weighted by Crippen LogP contribution is 2.12. The molecule has 16 heavy (non-hydrogen) atoms. The second-order valence-corrected chi connectivity index (χ2v) is 4.36. The fourth-order valence-electron chi connectivity index (χ4n) is 1.69. The molecule has 2 N–H and O–H groups in total. The second-order valence-electron chi connectivity index (χ2n) is 4.36. The van der Waals surface area contributed by atoms with Crippen molar-refractivity contribution in [1.29, 1.82) is 0 Å². The van der Waals surface area contributed by atoms with Crippen LogP contribution in [0.25, 0.3) is 0 Å². The van der Waals surface area contributed by atoms with E-state index in [1.807, 2.05) is 14.1 Å². The van der Waals surface area contributed by atoms with Crippen molar-refractivity contribution in [3.8, 4) is 0 Å². The lowest BCUT2D eigenvalue weighted by molar-refractivity contribution is -0.138. The summed E-state index contributed by atoms with van der Waals surface area (Å²) in [5.41, 5.74) is 0. The number of likely N-dealkylation sites (tertiary alicyclic amines) is 1. The highest BCUT2D eigenvalue weighted by Gasteiger charge is 2.28. The maximum Gasteiger partial charge on any atom is 0.325 e. The first-order valence-electron chi connectivity index (χ1n) is 5.36. The van der Waals surface area contributed by atoms with E-state index in [9.17, 15) is 9.59 Å². The Balaban J connectivity index is 2.42. The summed E-state index contributed by atoms with van der Waals surface area (Å²) in [4.78, 5) is 26.0. The van der Waals surface area contributed by atoms with E-state index < -0.39 is 12.0 Å². The van der Waals surface area contributed by atoms with Crippen molar-refractivity contribution in [2.45, 2.75) is 25.4 Å². The van der Waals surface area contributed by atoms with Gasteiger partial charge in [0.2, 0.25) is 0 Å². The van der Waals surface area contributed by atoms with Crippen LogP contribution in [0.15, 0.2) is 0 Å². The van der Waals surface area contributed by atoms with Gasteiger partial charge in [0.05, 0.1) is 0 Å². The summed E-state index contributed by atoms with van der Waals surface area (Å²) in [6.07, 6.45) is 0.932. The topological polar surface area (TPSA) is 72.9 Å². The summed E-state index contributed by atoms with van der Waals surface area (Å²) in [6, 6.07) is -0.768. The third kappa shape index (κ3) is 3.10. The molecule has 1 unspecified atom stereocenters. The minimum absolute atomic E-state index is 0.292. The first kappa shape index (κ1) is 12.8. The molecule has 92 valence electrons. The van der Waals surface area contributed by atoms with Crippen molar-refractivity contribution in [3.63, 3.8) is 0 Å². The molecule has 0 aromatic heterocycles. The maximum atomic E-state index is 11.7. The van der Waals surface area contributed by atoms with E-state index in [1.54, 1.807) is 4.90 Å². The fourth-order valence-corrected chi connectivity index (χ4v) is 1.69. The van der Waals surface area contributed by atoms with Crippen LogP contribution in [0.4, 0.5) is 4.79 Å². The van der Waals surface area contributed by atoms with Gasteiger partial charge in [-0.3, -0.25) is 4.79 Å². The number of carbonyl (C=O) groups is 2. The van der Waals surface area contributed by atoms with Crippen LogP contribution in [0.3, 0.4) is 0 Å². The highest BCUT2D eigenvalue weighted by atomic mass is 16.4. The van der Waals surface area contributed by atoms with Crippen LogP contribution in [0, 0.1) is 0 Å². The van der Waals surface area contributed by atoms with Gasteiger partial charge in [0.1, 0.15) is 6.04 Å². The number of likely N-dealkylation sites (N-methyl/N-ethyl adjacent to an activating group) is 1. The van der Waals surface area contributed by atoms with E-state index in [0.29, 0.717) is 19.1 Å². The summed E-state index contributed by atoms with van der Waals surface area (Å²) in [5, 5.41) is 11.1. The monoisotopic (exact) mass is 229 g/mol. The number of nitrogens with zero attached hydrogens (tertiary/aromatic N) is 2. The van der Waals surface area contributed by atoms with Gasteiger partial charge in [-0.25, -0.2) is 4.79 Å². The molecule has 1 saturated heterocycles. The molecular weight excluding hydrogens is 210 g/mol. The summed E-state index contributed by atoms with van der Waals surface area (Å²) >= 11 is 0. The average Bonchev–Trinajstić information content (AvgIpc) is 2.65. The molecule has 1 aliphatic heterocycles. The minimum Gasteiger partial charge on any atom is -0.480 e. The van der Waals surface area contributed by atoms with Crippen molar-refractivity contribution in [3.05, 3.63) is 0 Å². The minimum atomic E-state index is -1.02. The van der Waals surface area contributed by atoms with E-state index in [-0.39, 0.29) is 6.03 Å². The SMILES string of the molecule is C[C@H](NC(=O)N1CCC(N(C)C)C1)C(=O)O. The highest BCUT2D eigenvalue weighted by molar-refractivity contribution is 5.82. The molecule has 0 aromatic carbocycles. The van der Waals surface area contributed by atoms with Crippen LogP contribution in [0.2, 0.25) is 0 Å². The van der Waals surface area contributed by atoms with Gasteiger partial charge >= 0.3 is 12.0 Å². The van der Waals surface area contributed by atoms with Gasteiger partial charge in [0.25, 0.3) is 0 Å². The summed E-state index contributed by atoms with van der Waals surface area (Å²) in [6.45, 7) is 2.80. The van der Waals surface area contributed by atoms with Gasteiger partial charge in [-0.1, -0.05) is 0 Å². The lowest BCUT2D eigenvalue weighted by atomic mass is 10.2. The standard InChI is InChI=1S/C10H19N3O3/c1-7(9(14)15)11-10(16)13-5-4-8(6-13)12(2)3/h7-8H,4-6H2,1-3H3,(H,11,16)(H,14,15)/t7-,8?/m0/s1. The number of urea groups is 1. The van der Waals surface area contributed by atoms with Crippen molar-refractivity contribution in [1.82, 2.24) is 15.1 Å². The predicted molar refractivity (Wildman–Crippen MR) is 59.3 cm³/mol. The van der Waals surface area contributed by atoms with Gasteiger partial charge in [-0.05, 0) is 27.4 Å². The lowest BCUT2D eigenvalue weighted by Crippen LogP contribution is -2.46. The third-order valence-electron chi connectivity index (χ3n) is 2.89. The molecule has 0 aliphatic carbocycles. The molecule has 0 radical (unpaired) electrons. The average molecular weight is 229 g/mol. The Morgan fingerprint density at radius 2 is 2.12 bits per heavy atom. The van der Waals surface area contributed by atoms with Crippen molar-refractivity contribution < 1.29 is 14.7 Å². The van der Waals surface area contributed by atoms with Gasteiger partial charge in [-0.15, -0.1) is 0 Å². The first-order chi connectivity index (χ1) is 7.41. The van der Waals surface area contributed by atoms with Gasteiger partial charge in [0.15, 0.2) is 0 Å². The van der Waals surface area contributed by atoms with Gasteiger partial charge in [-0.2, -0.15) is 0 Å². The molecule has 1 heterocycles. The molecule has 6 nitrogen and oxygen atoms in total. The Morgan fingerprint density at radius 1 is 1.50 bits per heavy atom. The lowest BCUT2D eigenvalue weighted by Gasteiger charge is -2.21. The van der Waals surface area contributed by atoms with Gasteiger partial charge < -0.3 is 20.2 Å². The van der Waals surface area contributed by atoms with Crippen molar-refractivity contribution in [2.24, 2.45) is 0 Å². The normalized spacial score (nSPS) is 22.2. The van der Waals surface area contributed by atoms with Gasteiger partial charge in [0, 0.05) is 19.1 Å². The molecule has 2 atom stereocenters. The molecule has 1 fully saturated rings. The molecule has 1 aliphatic rings.